The quantitative estimate of drug-likeness (QED) is 0.921. The fourth-order valence-electron chi connectivity index (χ4n) is 3.24. The molecule has 3 rings (SSSR count). The summed E-state index contributed by atoms with van der Waals surface area (Å²) in [6, 6.07) is 8.76. The zero-order valence-electron chi connectivity index (χ0n) is 14.8. The molecule has 126 valence electrons. The molecule has 1 heterocycles. The van der Waals surface area contributed by atoms with Gasteiger partial charge in [0.05, 0.1) is 0 Å². The third-order valence-corrected chi connectivity index (χ3v) is 5.17. The van der Waals surface area contributed by atoms with Crippen LogP contribution in [-0.4, -0.2) is 36.5 Å². The number of piperidine rings is 1. The summed E-state index contributed by atoms with van der Waals surface area (Å²) >= 11 is 0. The van der Waals surface area contributed by atoms with Crippen molar-refractivity contribution in [2.24, 2.45) is 5.92 Å². The summed E-state index contributed by atoms with van der Waals surface area (Å²) in [4.78, 5) is 14.7. The van der Waals surface area contributed by atoms with Crippen LogP contribution in [0, 0.1) is 5.92 Å². The summed E-state index contributed by atoms with van der Waals surface area (Å²) < 4.78 is 0. The van der Waals surface area contributed by atoms with Crippen molar-refractivity contribution in [3.05, 3.63) is 35.4 Å². The molecule has 1 aromatic rings. The number of likely N-dealkylation sites (tertiary alicyclic amines) is 1. The number of rotatable bonds is 4. The van der Waals surface area contributed by atoms with Gasteiger partial charge in [-0.2, -0.15) is 0 Å². The van der Waals surface area contributed by atoms with Crippen LogP contribution in [-0.2, 0) is 5.41 Å². The van der Waals surface area contributed by atoms with Crippen LogP contribution < -0.4 is 5.32 Å². The lowest BCUT2D eigenvalue weighted by molar-refractivity contribution is 0.0705. The van der Waals surface area contributed by atoms with E-state index in [0.29, 0.717) is 6.04 Å². The second-order valence-electron chi connectivity index (χ2n) is 8.25. The Bertz CT molecular complexity index is 532. The summed E-state index contributed by atoms with van der Waals surface area (Å²) in [6.45, 7) is 9.52. The summed E-state index contributed by atoms with van der Waals surface area (Å²) in [5, 5.41) is 3.67. The van der Waals surface area contributed by atoms with Crippen molar-refractivity contribution < 1.29 is 4.79 Å². The molecular weight excluding hydrogens is 284 g/mol. The molecule has 23 heavy (non-hydrogen) atoms. The van der Waals surface area contributed by atoms with Gasteiger partial charge in [0.25, 0.3) is 5.91 Å². The Kier molecular flexibility index (Phi) is 4.77. The van der Waals surface area contributed by atoms with Crippen LogP contribution in [0.2, 0.25) is 0 Å². The zero-order valence-corrected chi connectivity index (χ0v) is 14.8. The highest BCUT2D eigenvalue weighted by atomic mass is 16.2. The van der Waals surface area contributed by atoms with E-state index < -0.39 is 0 Å². The van der Waals surface area contributed by atoms with Crippen LogP contribution in [0.15, 0.2) is 24.3 Å². The standard InChI is InChI=1S/C20H30N2O/c1-20(2,3)17-8-6-16(7-9-17)19(23)22-12-10-18(11-13-22)21-14-15-4-5-15/h6-9,15,18,21H,4-5,10-14H2,1-3H3. The molecule has 3 heteroatoms. The van der Waals surface area contributed by atoms with Gasteiger partial charge in [0.1, 0.15) is 0 Å². The lowest BCUT2D eigenvalue weighted by Crippen LogP contribution is -2.45. The van der Waals surface area contributed by atoms with E-state index in [2.05, 4.69) is 38.2 Å². The van der Waals surface area contributed by atoms with Crippen LogP contribution in [0.5, 0.6) is 0 Å². The average Bonchev–Trinajstić information content (AvgIpc) is 3.36. The van der Waals surface area contributed by atoms with Crippen molar-refractivity contribution in [1.82, 2.24) is 10.2 Å². The summed E-state index contributed by atoms with van der Waals surface area (Å²) in [5.41, 5.74) is 2.23. The summed E-state index contributed by atoms with van der Waals surface area (Å²) in [7, 11) is 0. The predicted molar refractivity (Wildman–Crippen MR) is 94.8 cm³/mol. The fourth-order valence-corrected chi connectivity index (χ4v) is 3.24. The fraction of sp³-hybridized carbons (Fsp3) is 0.650. The highest BCUT2D eigenvalue weighted by Gasteiger charge is 2.26. The number of amides is 1. The second-order valence-corrected chi connectivity index (χ2v) is 8.25. The van der Waals surface area contributed by atoms with Gasteiger partial charge in [0.15, 0.2) is 0 Å². The van der Waals surface area contributed by atoms with Gasteiger partial charge in [-0.1, -0.05) is 32.9 Å². The maximum Gasteiger partial charge on any atom is 0.253 e. The minimum atomic E-state index is 0.132. The molecule has 1 saturated heterocycles. The van der Waals surface area contributed by atoms with Gasteiger partial charge in [-0.05, 0) is 61.3 Å². The van der Waals surface area contributed by atoms with Crippen LogP contribution >= 0.6 is 0 Å². The Morgan fingerprint density at radius 1 is 1.09 bits per heavy atom. The number of nitrogens with one attached hydrogen (secondary N) is 1. The molecule has 1 aromatic carbocycles. The van der Waals surface area contributed by atoms with Crippen molar-refractivity contribution in [1.29, 1.82) is 0 Å². The van der Waals surface area contributed by atoms with E-state index in [-0.39, 0.29) is 11.3 Å². The Hall–Kier alpha value is -1.35. The summed E-state index contributed by atoms with van der Waals surface area (Å²) in [5.74, 6) is 1.11. The number of hydrogen-bond donors (Lipinski definition) is 1. The van der Waals surface area contributed by atoms with Crippen LogP contribution in [0.1, 0.15) is 62.4 Å². The molecule has 0 atom stereocenters. The van der Waals surface area contributed by atoms with E-state index in [0.717, 1.165) is 37.4 Å². The molecule has 0 spiro atoms. The van der Waals surface area contributed by atoms with Gasteiger partial charge in [-0.3, -0.25) is 4.79 Å². The normalized spacial score (nSPS) is 19.9. The molecule has 1 saturated carbocycles. The van der Waals surface area contributed by atoms with Gasteiger partial charge in [-0.15, -0.1) is 0 Å². The molecule has 0 unspecified atom stereocenters. The molecule has 1 amide bonds. The smallest absolute Gasteiger partial charge is 0.253 e. The maximum atomic E-state index is 12.6. The van der Waals surface area contributed by atoms with Gasteiger partial charge in [-0.25, -0.2) is 0 Å². The first-order valence-electron chi connectivity index (χ1n) is 9.07. The lowest BCUT2D eigenvalue weighted by Gasteiger charge is -2.32. The maximum absolute atomic E-state index is 12.6. The van der Waals surface area contributed by atoms with Crippen LogP contribution in [0.4, 0.5) is 0 Å². The van der Waals surface area contributed by atoms with Gasteiger partial charge >= 0.3 is 0 Å². The highest BCUT2D eigenvalue weighted by Crippen LogP contribution is 2.28. The second kappa shape index (κ2) is 6.64. The van der Waals surface area contributed by atoms with Crippen LogP contribution in [0.3, 0.4) is 0 Å². The predicted octanol–water partition coefficient (Wildman–Crippen LogP) is 3.59. The molecule has 0 bridgehead atoms. The van der Waals surface area contributed by atoms with Crippen LogP contribution in [0.25, 0.3) is 0 Å². The third-order valence-electron chi connectivity index (χ3n) is 5.17. The molecule has 2 fully saturated rings. The van der Waals surface area contributed by atoms with E-state index >= 15 is 0 Å². The van der Waals surface area contributed by atoms with E-state index in [1.165, 1.54) is 24.9 Å². The molecule has 1 N–H and O–H groups in total. The number of carbonyl (C=O) groups is 1. The van der Waals surface area contributed by atoms with Crippen molar-refractivity contribution in [2.45, 2.75) is 57.9 Å². The van der Waals surface area contributed by atoms with Crippen molar-refractivity contribution in [2.75, 3.05) is 19.6 Å². The third kappa shape index (κ3) is 4.35. The Balaban J connectivity index is 1.52. The molecule has 0 aromatic heterocycles. The van der Waals surface area contributed by atoms with Crippen molar-refractivity contribution in [3.63, 3.8) is 0 Å². The molecule has 1 aliphatic carbocycles. The number of hydrogen-bond acceptors (Lipinski definition) is 2. The minimum Gasteiger partial charge on any atom is -0.339 e. The number of carbonyl (C=O) groups excluding carboxylic acids is 1. The zero-order chi connectivity index (χ0) is 16.4. The number of nitrogens with zero attached hydrogens (tertiary/aromatic N) is 1. The SMILES string of the molecule is CC(C)(C)c1ccc(C(=O)N2CCC(NCC3CC3)CC2)cc1. The highest BCUT2D eigenvalue weighted by molar-refractivity contribution is 5.94. The lowest BCUT2D eigenvalue weighted by atomic mass is 9.86. The topological polar surface area (TPSA) is 32.3 Å². The van der Waals surface area contributed by atoms with Gasteiger partial charge in [0, 0.05) is 24.7 Å². The van der Waals surface area contributed by atoms with E-state index in [4.69, 9.17) is 0 Å². The number of benzene rings is 1. The van der Waals surface area contributed by atoms with E-state index in [1.807, 2.05) is 17.0 Å². The minimum absolute atomic E-state index is 0.132. The van der Waals surface area contributed by atoms with Gasteiger partial charge < -0.3 is 10.2 Å². The van der Waals surface area contributed by atoms with Crippen molar-refractivity contribution in [3.8, 4) is 0 Å². The first kappa shape index (κ1) is 16.5. The largest absolute Gasteiger partial charge is 0.339 e. The molecule has 0 radical (unpaired) electrons. The van der Waals surface area contributed by atoms with Gasteiger partial charge in [0.2, 0.25) is 0 Å². The molecular formula is C20H30N2O. The molecule has 1 aliphatic heterocycles. The van der Waals surface area contributed by atoms with E-state index in [9.17, 15) is 4.79 Å². The Morgan fingerprint density at radius 3 is 2.22 bits per heavy atom. The average molecular weight is 314 g/mol. The Labute approximate surface area is 140 Å². The monoisotopic (exact) mass is 314 g/mol. The summed E-state index contributed by atoms with van der Waals surface area (Å²) in [6.07, 6.45) is 4.96. The molecule has 2 aliphatic rings. The first-order valence-corrected chi connectivity index (χ1v) is 9.07. The van der Waals surface area contributed by atoms with Crippen molar-refractivity contribution >= 4 is 5.91 Å². The Morgan fingerprint density at radius 2 is 1.70 bits per heavy atom. The first-order chi connectivity index (χ1) is 10.9. The molecule has 3 nitrogen and oxygen atoms in total. The van der Waals surface area contributed by atoms with E-state index in [1.54, 1.807) is 0 Å².